The number of nitrogens with one attached hydrogen (secondary N) is 1. The summed E-state index contributed by atoms with van der Waals surface area (Å²) in [4.78, 5) is 20.8. The molecule has 0 atom stereocenters. The van der Waals surface area contributed by atoms with Crippen LogP contribution in [0.5, 0.6) is 5.75 Å². The smallest absolute Gasteiger partial charge is 0.170 e. The third-order valence-electron chi connectivity index (χ3n) is 4.36. The van der Waals surface area contributed by atoms with Crippen LogP contribution < -0.4 is 10.1 Å². The molecule has 6 heteroatoms. The minimum atomic E-state index is -0.427. The molecule has 5 nitrogen and oxygen atoms in total. The fraction of sp³-hybridized carbons (Fsp3) is 0.389. The van der Waals surface area contributed by atoms with Crippen molar-refractivity contribution in [1.82, 2.24) is 15.3 Å². The highest BCUT2D eigenvalue weighted by Crippen LogP contribution is 2.37. The van der Waals surface area contributed by atoms with Crippen molar-refractivity contribution in [1.29, 1.82) is 0 Å². The van der Waals surface area contributed by atoms with Crippen molar-refractivity contribution in [3.8, 4) is 5.75 Å². The Kier molecular flexibility index (Phi) is 3.98. The van der Waals surface area contributed by atoms with Gasteiger partial charge in [0.15, 0.2) is 5.78 Å². The number of hydrogen-bond donors (Lipinski definition) is 1. The summed E-state index contributed by atoms with van der Waals surface area (Å²) in [6.07, 6.45) is 5.40. The first kappa shape index (κ1) is 15.2. The average Bonchev–Trinajstić information content (AvgIpc) is 3.38. The first-order valence-electron chi connectivity index (χ1n) is 8.20. The van der Waals surface area contributed by atoms with Gasteiger partial charge in [0.25, 0.3) is 0 Å². The number of benzene rings is 1. The molecule has 0 amide bonds. The van der Waals surface area contributed by atoms with Crippen molar-refractivity contribution in [3.05, 3.63) is 53.4 Å². The number of aromatic nitrogens is 2. The number of Topliss-reactive ketones (excluding diaryl/α,β-unsaturated/α-hetero) is 1. The minimum absolute atomic E-state index is 0.0107. The lowest BCUT2D eigenvalue weighted by atomic mass is 10.0. The summed E-state index contributed by atoms with van der Waals surface area (Å²) < 4.78 is 19.8. The van der Waals surface area contributed by atoms with Gasteiger partial charge in [0.05, 0.1) is 5.56 Å². The van der Waals surface area contributed by atoms with Crippen LogP contribution in [0.3, 0.4) is 0 Å². The van der Waals surface area contributed by atoms with Gasteiger partial charge in [-0.2, -0.15) is 0 Å². The Morgan fingerprint density at radius 3 is 2.58 bits per heavy atom. The molecule has 1 aliphatic heterocycles. The Hall–Kier alpha value is -2.34. The fourth-order valence-corrected chi connectivity index (χ4v) is 2.59. The van der Waals surface area contributed by atoms with Gasteiger partial charge in [-0.15, -0.1) is 0 Å². The largest absolute Gasteiger partial charge is 0.488 e. The molecule has 2 fully saturated rings. The number of ether oxygens (including phenoxy) is 1. The molecule has 1 saturated carbocycles. The van der Waals surface area contributed by atoms with E-state index in [1.807, 2.05) is 0 Å². The maximum Gasteiger partial charge on any atom is 0.170 e. The van der Waals surface area contributed by atoms with E-state index in [1.165, 1.54) is 6.07 Å². The molecule has 2 aromatic rings. The van der Waals surface area contributed by atoms with Crippen LogP contribution in [-0.4, -0.2) is 34.9 Å². The number of rotatable bonds is 6. The monoisotopic (exact) mass is 327 g/mol. The number of hydrogen-bond acceptors (Lipinski definition) is 5. The van der Waals surface area contributed by atoms with Crippen LogP contribution in [0, 0.1) is 5.82 Å². The Morgan fingerprint density at radius 1 is 1.25 bits per heavy atom. The molecule has 1 aromatic carbocycles. The van der Waals surface area contributed by atoms with E-state index in [-0.39, 0.29) is 18.3 Å². The summed E-state index contributed by atoms with van der Waals surface area (Å²) in [5.41, 5.74) is 0.769. The van der Waals surface area contributed by atoms with E-state index in [4.69, 9.17) is 4.74 Å². The van der Waals surface area contributed by atoms with E-state index >= 15 is 0 Å². The molecule has 0 radical (unpaired) electrons. The lowest BCUT2D eigenvalue weighted by Gasteiger charge is -2.27. The van der Waals surface area contributed by atoms with Gasteiger partial charge in [-0.1, -0.05) is 6.07 Å². The third-order valence-corrected chi connectivity index (χ3v) is 4.36. The van der Waals surface area contributed by atoms with E-state index in [9.17, 15) is 9.18 Å². The number of nitrogens with zero attached hydrogens (tertiary/aromatic N) is 2. The Balaban J connectivity index is 1.42. The van der Waals surface area contributed by atoms with Crippen LogP contribution in [-0.2, 0) is 6.42 Å². The second-order valence-electron chi connectivity index (χ2n) is 6.36. The molecule has 1 aliphatic carbocycles. The zero-order valence-electron chi connectivity index (χ0n) is 13.2. The molecule has 0 unspecified atom stereocenters. The second-order valence-corrected chi connectivity index (χ2v) is 6.36. The van der Waals surface area contributed by atoms with Gasteiger partial charge in [0, 0.05) is 43.9 Å². The second kappa shape index (κ2) is 6.28. The van der Waals surface area contributed by atoms with Crippen molar-refractivity contribution in [2.75, 3.05) is 13.1 Å². The van der Waals surface area contributed by atoms with E-state index in [2.05, 4.69) is 15.3 Å². The predicted molar refractivity (Wildman–Crippen MR) is 85.7 cm³/mol. The van der Waals surface area contributed by atoms with E-state index in [1.54, 1.807) is 24.5 Å². The number of halogens is 1. The molecule has 1 saturated heterocycles. The lowest BCUT2D eigenvalue weighted by Crippen LogP contribution is -2.50. The topological polar surface area (TPSA) is 64.1 Å². The van der Waals surface area contributed by atoms with Crippen molar-refractivity contribution >= 4 is 5.78 Å². The Bertz CT molecular complexity index is 755. The Morgan fingerprint density at radius 2 is 2.00 bits per heavy atom. The number of ketones is 1. The molecular formula is C18H18FN3O2. The molecule has 2 aliphatic rings. The zero-order valence-corrected chi connectivity index (χ0v) is 13.2. The van der Waals surface area contributed by atoms with E-state index in [0.29, 0.717) is 22.8 Å². The van der Waals surface area contributed by atoms with E-state index < -0.39 is 5.82 Å². The third kappa shape index (κ3) is 3.28. The van der Waals surface area contributed by atoms with Crippen LogP contribution in [0.4, 0.5) is 4.39 Å². The maximum absolute atomic E-state index is 14.2. The van der Waals surface area contributed by atoms with Gasteiger partial charge in [-0.25, -0.2) is 14.4 Å². The van der Waals surface area contributed by atoms with Crippen LogP contribution in [0.25, 0.3) is 0 Å². The van der Waals surface area contributed by atoms with E-state index in [0.717, 1.165) is 31.8 Å². The van der Waals surface area contributed by atoms with Crippen LogP contribution in [0.1, 0.15) is 40.5 Å². The molecule has 0 spiro atoms. The number of carbonyl (C=O) groups is 1. The summed E-state index contributed by atoms with van der Waals surface area (Å²) in [6, 6.07) is 4.65. The van der Waals surface area contributed by atoms with Gasteiger partial charge >= 0.3 is 0 Å². The van der Waals surface area contributed by atoms with Crippen molar-refractivity contribution in [2.45, 2.75) is 31.3 Å². The summed E-state index contributed by atoms with van der Waals surface area (Å²) in [7, 11) is 0. The van der Waals surface area contributed by atoms with Crippen LogP contribution in [0.2, 0.25) is 0 Å². The first-order valence-corrected chi connectivity index (χ1v) is 8.20. The van der Waals surface area contributed by atoms with Gasteiger partial charge in [0.1, 0.15) is 23.5 Å². The summed E-state index contributed by atoms with van der Waals surface area (Å²) in [5.74, 6) is 1.12. The highest BCUT2D eigenvalue weighted by Gasteiger charge is 2.26. The molecule has 4 rings (SSSR count). The molecule has 124 valence electrons. The normalized spacial score (nSPS) is 17.4. The summed E-state index contributed by atoms with van der Waals surface area (Å²) >= 11 is 0. The van der Waals surface area contributed by atoms with Gasteiger partial charge in [-0.05, 0) is 24.5 Å². The molecule has 24 heavy (non-hydrogen) atoms. The first-order chi connectivity index (χ1) is 11.7. The SMILES string of the molecule is O=C(Cc1ccc(OC2CNC2)cc1F)c1cnc(C2CC2)nc1. The van der Waals surface area contributed by atoms with Gasteiger partial charge in [-0.3, -0.25) is 4.79 Å². The van der Waals surface area contributed by atoms with Crippen molar-refractivity contribution in [2.24, 2.45) is 0 Å². The molecule has 1 aromatic heterocycles. The van der Waals surface area contributed by atoms with Crippen LogP contribution >= 0.6 is 0 Å². The quantitative estimate of drug-likeness (QED) is 0.825. The standard InChI is InChI=1S/C18H18FN3O2/c19-16-6-14(24-15-9-20-10-15)4-3-12(16)5-17(23)13-7-21-18(22-8-13)11-1-2-11/h3-4,6-8,11,15,20H,1-2,5,9-10H2. The highest BCUT2D eigenvalue weighted by molar-refractivity contribution is 5.97. The average molecular weight is 327 g/mol. The summed E-state index contributed by atoms with van der Waals surface area (Å²) in [5, 5.41) is 3.09. The lowest BCUT2D eigenvalue weighted by molar-refractivity contribution is 0.0990. The number of carbonyl (C=O) groups excluding carboxylic acids is 1. The molecular weight excluding hydrogens is 309 g/mol. The van der Waals surface area contributed by atoms with Gasteiger partial charge < -0.3 is 10.1 Å². The van der Waals surface area contributed by atoms with Crippen molar-refractivity contribution in [3.63, 3.8) is 0 Å². The van der Waals surface area contributed by atoms with Crippen LogP contribution in [0.15, 0.2) is 30.6 Å². The Labute approximate surface area is 139 Å². The maximum atomic E-state index is 14.2. The predicted octanol–water partition coefficient (Wildman–Crippen LogP) is 2.27. The fourth-order valence-electron chi connectivity index (χ4n) is 2.59. The molecule has 0 bridgehead atoms. The van der Waals surface area contributed by atoms with Gasteiger partial charge in [0.2, 0.25) is 0 Å². The molecule has 2 heterocycles. The molecule has 1 N–H and O–H groups in total. The summed E-state index contributed by atoms with van der Waals surface area (Å²) in [6.45, 7) is 1.55. The zero-order chi connectivity index (χ0) is 16.5. The highest BCUT2D eigenvalue weighted by atomic mass is 19.1. The van der Waals surface area contributed by atoms with Crippen molar-refractivity contribution < 1.29 is 13.9 Å². The minimum Gasteiger partial charge on any atom is -0.488 e.